The molecule has 0 spiro atoms. The summed E-state index contributed by atoms with van der Waals surface area (Å²) in [4.78, 5) is 29.0. The summed E-state index contributed by atoms with van der Waals surface area (Å²) in [6, 6.07) is 89.0. The molecule has 6 atom stereocenters. The molecule has 12 aromatic rings. The van der Waals surface area contributed by atoms with Crippen LogP contribution in [0.4, 0.5) is 30.7 Å². The molecule has 0 aliphatic heterocycles. The van der Waals surface area contributed by atoms with Crippen LogP contribution in [0.15, 0.2) is 255 Å². The fraction of sp³-hybridized carbons (Fsp3) is 0.312. The summed E-state index contributed by atoms with van der Waals surface area (Å²) in [5, 5.41) is 55.2. The van der Waals surface area contributed by atoms with Gasteiger partial charge in [-0.15, -0.1) is 108 Å². The SMILES string of the molecule is CC(C)(C)C(O)CC(O)C(F)(F)C(F)(F)C(F)(F)F.CC(C)C(O)CC(O)C(C)C.CC(C)CC(O)CC(C)O.Cc1ccc(-c2cnc(-c3[c-]cccc3)c(-c3ccccc3)n2)cc1.Cc1ccc(-c2cnc(-c3[c-]cccc3)c(-c3ccccc3)n2)cc1.Cc1ccc(-c2cnc(-c3[c-]cccc3)c(-c3ccccc3)n2)cc1.[Ir].[Ir].[Ir]. The smallest absolute Gasteiger partial charge is 0.393 e. The van der Waals surface area contributed by atoms with E-state index >= 15 is 0 Å². The zero-order chi connectivity index (χ0) is 84.2. The largest absolute Gasteiger partial charge is 0.459 e. The minimum absolute atomic E-state index is 0. The molecule has 3 heterocycles. The van der Waals surface area contributed by atoms with E-state index in [9.17, 15) is 51.2 Å². The first-order valence-corrected chi connectivity index (χ1v) is 38.3. The summed E-state index contributed by atoms with van der Waals surface area (Å²) in [5.74, 6) is -11.1. The van der Waals surface area contributed by atoms with Crippen molar-refractivity contribution >= 4 is 0 Å². The van der Waals surface area contributed by atoms with Gasteiger partial charge in [-0.1, -0.05) is 243 Å². The molecule has 3 radical (unpaired) electrons. The van der Waals surface area contributed by atoms with Crippen molar-refractivity contribution in [3.63, 3.8) is 0 Å². The van der Waals surface area contributed by atoms with Gasteiger partial charge in [0.1, 0.15) is 6.10 Å². The first kappa shape index (κ1) is 102. The van der Waals surface area contributed by atoms with E-state index in [0.717, 1.165) is 108 Å². The second-order valence-electron chi connectivity index (χ2n) is 30.4. The molecule has 12 rings (SSSR count). The van der Waals surface area contributed by atoms with Gasteiger partial charge in [0, 0.05) is 119 Å². The number of aryl methyl sites for hydroxylation is 3. The van der Waals surface area contributed by atoms with E-state index in [0.29, 0.717) is 18.8 Å². The Balaban J connectivity index is 0.000000305. The molecule has 0 bridgehead atoms. The molecule has 0 aliphatic rings. The molecule has 3 aromatic heterocycles. The quantitative estimate of drug-likeness (QED) is 0.0294. The minimum atomic E-state index is -6.50. The van der Waals surface area contributed by atoms with Crippen molar-refractivity contribution in [1.29, 1.82) is 0 Å². The third kappa shape index (κ3) is 30.9. The first-order valence-electron chi connectivity index (χ1n) is 38.3. The summed E-state index contributed by atoms with van der Waals surface area (Å²) in [5.41, 5.74) is 19.6. The summed E-state index contributed by atoms with van der Waals surface area (Å²) in [6.07, 6.45) is -6.94. The maximum atomic E-state index is 13.0. The third-order valence-electron chi connectivity index (χ3n) is 18.4. The molecule has 0 saturated carbocycles. The van der Waals surface area contributed by atoms with E-state index < -0.39 is 42.1 Å². The van der Waals surface area contributed by atoms with Crippen LogP contribution in [0.3, 0.4) is 0 Å². The fourth-order valence-corrected chi connectivity index (χ4v) is 11.3. The summed E-state index contributed by atoms with van der Waals surface area (Å²) >= 11 is 0. The standard InChI is InChI=1S/3C23H17N2.C10H15F7O2.C9H20O2.C8H18O2.3Ir/c3*1-17-12-14-18(15-13-17)21-16-24-22(19-8-4-2-5-9-19)23(25-21)20-10-6-3-7-11-20;1-7(2,3)5(18)4-6(19)8(11,12)9(13,14)10(15,16)17;1-6(2)8(10)5-9(11)7(3)4;1-6(2)4-8(10)5-7(3)9;;;/h3*2-8,10-16H,1H3;5-6,18-19H,4H2,1-3H3;6-11H,5H2,1-4H3;6-10H,4-5H2,1-3H3;;;/q3*-1;;;;;;. The van der Waals surface area contributed by atoms with Gasteiger partial charge in [0.15, 0.2) is 0 Å². The molecular weight excluding hydrogens is 2040 g/mol. The fourth-order valence-electron chi connectivity index (χ4n) is 11.3. The van der Waals surface area contributed by atoms with Gasteiger partial charge in [-0.2, -0.15) is 30.7 Å². The molecule has 118 heavy (non-hydrogen) atoms. The Morgan fingerprint density at radius 3 is 0.856 bits per heavy atom. The van der Waals surface area contributed by atoms with Crippen LogP contribution in [0.25, 0.3) is 101 Å². The summed E-state index contributed by atoms with van der Waals surface area (Å²) in [7, 11) is 0. The van der Waals surface area contributed by atoms with Crippen molar-refractivity contribution < 1.29 is 122 Å². The zero-order valence-corrected chi connectivity index (χ0v) is 75.5. The average Bonchev–Trinajstić information content (AvgIpc) is 0.768. The van der Waals surface area contributed by atoms with Crippen molar-refractivity contribution in [3.8, 4) is 101 Å². The van der Waals surface area contributed by atoms with Gasteiger partial charge in [-0.3, -0.25) is 15.0 Å². The molecule has 22 heteroatoms. The van der Waals surface area contributed by atoms with Crippen LogP contribution in [0, 0.1) is 62.1 Å². The van der Waals surface area contributed by atoms with E-state index in [-0.39, 0.29) is 96.6 Å². The molecule has 6 N–H and O–H groups in total. The van der Waals surface area contributed by atoms with E-state index in [2.05, 4.69) is 162 Å². The number of halogens is 7. The molecule has 12 nitrogen and oxygen atoms in total. The van der Waals surface area contributed by atoms with Crippen molar-refractivity contribution in [2.45, 2.75) is 170 Å². The van der Waals surface area contributed by atoms with E-state index in [1.165, 1.54) is 37.5 Å². The Hall–Kier alpha value is -8.56. The number of aliphatic hydroxyl groups is 6. The van der Waals surface area contributed by atoms with Crippen LogP contribution in [-0.4, -0.2) is 115 Å². The normalized spacial score (nSPS) is 12.8. The number of hydrogen-bond donors (Lipinski definition) is 6. The third-order valence-corrected chi connectivity index (χ3v) is 18.4. The molecule has 0 aliphatic carbocycles. The van der Waals surface area contributed by atoms with Gasteiger partial charge >= 0.3 is 18.0 Å². The van der Waals surface area contributed by atoms with Crippen molar-refractivity contribution in [1.82, 2.24) is 29.9 Å². The average molecular weight is 2150 g/mol. The predicted octanol–water partition coefficient (Wildman–Crippen LogP) is 22.3. The second kappa shape index (κ2) is 48.6. The molecular formula is C96H104F7Ir3N6O6-3. The van der Waals surface area contributed by atoms with Gasteiger partial charge in [-0.25, -0.2) is 0 Å². The monoisotopic (exact) mass is 2150 g/mol. The Labute approximate surface area is 731 Å². The summed E-state index contributed by atoms with van der Waals surface area (Å²) < 4.78 is 86.8. The Morgan fingerprint density at radius 1 is 0.331 bits per heavy atom. The van der Waals surface area contributed by atoms with Crippen LogP contribution in [0.5, 0.6) is 0 Å². The molecule has 0 saturated heterocycles. The maximum Gasteiger partial charge on any atom is 0.459 e. The predicted molar refractivity (Wildman–Crippen MR) is 446 cm³/mol. The van der Waals surface area contributed by atoms with Gasteiger partial charge in [-0.05, 0) is 86.8 Å². The van der Waals surface area contributed by atoms with Crippen molar-refractivity contribution in [2.75, 3.05) is 0 Å². The van der Waals surface area contributed by atoms with Crippen LogP contribution in [0.1, 0.15) is 112 Å². The Bertz CT molecular complexity index is 4420. The van der Waals surface area contributed by atoms with E-state index in [1.807, 2.05) is 174 Å². The molecule has 633 valence electrons. The number of nitrogens with zero attached hydrogens (tertiary/aromatic N) is 6. The topological polar surface area (TPSA) is 199 Å². The van der Waals surface area contributed by atoms with Crippen LogP contribution in [0.2, 0.25) is 0 Å². The first-order chi connectivity index (χ1) is 54.4. The van der Waals surface area contributed by atoms with Crippen LogP contribution in [-0.2, 0) is 60.3 Å². The number of benzene rings is 9. The van der Waals surface area contributed by atoms with Gasteiger partial charge in [0.05, 0.1) is 64.7 Å². The number of hydrogen-bond acceptors (Lipinski definition) is 12. The van der Waals surface area contributed by atoms with Gasteiger partial charge in [0.2, 0.25) is 0 Å². The minimum Gasteiger partial charge on any atom is -0.393 e. The molecule has 0 amide bonds. The zero-order valence-electron chi connectivity index (χ0n) is 68.3. The van der Waals surface area contributed by atoms with Gasteiger partial charge < -0.3 is 45.6 Å². The van der Waals surface area contributed by atoms with Crippen molar-refractivity contribution in [3.05, 3.63) is 290 Å². The number of aliphatic hydroxyl groups excluding tert-OH is 6. The molecule has 6 unspecified atom stereocenters. The summed E-state index contributed by atoms with van der Waals surface area (Å²) in [6.45, 7) is 23.9. The molecule has 0 fully saturated rings. The maximum absolute atomic E-state index is 13.0. The molecule has 9 aromatic carbocycles. The second-order valence-corrected chi connectivity index (χ2v) is 30.4. The number of alkyl halides is 7. The van der Waals surface area contributed by atoms with Crippen molar-refractivity contribution in [2.24, 2.45) is 23.2 Å². The number of rotatable bonds is 21. The van der Waals surface area contributed by atoms with Gasteiger partial charge in [0.25, 0.3) is 0 Å². The van der Waals surface area contributed by atoms with Crippen LogP contribution >= 0.6 is 0 Å². The Morgan fingerprint density at radius 2 is 0.619 bits per heavy atom. The van der Waals surface area contributed by atoms with E-state index in [4.69, 9.17) is 40.1 Å². The van der Waals surface area contributed by atoms with Crippen LogP contribution < -0.4 is 0 Å². The number of aromatic nitrogens is 6. The van der Waals surface area contributed by atoms with E-state index in [1.54, 1.807) is 6.92 Å². The Kier molecular flexibility index (Phi) is 41.9.